The second-order valence-corrected chi connectivity index (χ2v) is 7.38. The van der Waals surface area contributed by atoms with Gasteiger partial charge in [0.2, 0.25) is 0 Å². The lowest BCUT2D eigenvalue weighted by atomic mass is 10.0. The molecule has 0 amide bonds. The van der Waals surface area contributed by atoms with Gasteiger partial charge in [-0.2, -0.15) is 0 Å². The van der Waals surface area contributed by atoms with Crippen LogP contribution in [-0.2, 0) is 22.4 Å². The summed E-state index contributed by atoms with van der Waals surface area (Å²) in [4.78, 5) is 32.9. The summed E-state index contributed by atoms with van der Waals surface area (Å²) in [6.07, 6.45) is -1.91. The third-order valence-corrected chi connectivity index (χ3v) is 4.72. The first-order valence-electron chi connectivity index (χ1n) is 9.20. The van der Waals surface area contributed by atoms with Crippen LogP contribution in [0.5, 0.6) is 0 Å². The maximum absolute atomic E-state index is 13.7. The molecule has 2 aromatic rings. The molecule has 0 aliphatic carbocycles. The van der Waals surface area contributed by atoms with Crippen LogP contribution >= 0.6 is 23.2 Å². The summed E-state index contributed by atoms with van der Waals surface area (Å²) in [7, 11) is 0. The van der Waals surface area contributed by atoms with Gasteiger partial charge in [-0.15, -0.1) is 23.2 Å². The lowest BCUT2D eigenvalue weighted by Gasteiger charge is -2.11. The van der Waals surface area contributed by atoms with Crippen LogP contribution in [0.15, 0.2) is 24.3 Å². The summed E-state index contributed by atoms with van der Waals surface area (Å²) < 4.78 is 53.9. The Balaban J connectivity index is 0.000000320. The Bertz CT molecular complexity index is 1010. The van der Waals surface area contributed by atoms with Crippen molar-refractivity contribution < 1.29 is 37.1 Å². The van der Waals surface area contributed by atoms with Crippen LogP contribution in [0.4, 0.5) is 17.6 Å². The average Bonchev–Trinajstić information content (AvgIpc) is 2.73. The number of rotatable bonds is 8. The minimum Gasteiger partial charge on any atom is -0.387 e. The van der Waals surface area contributed by atoms with Crippen molar-refractivity contribution in [2.45, 2.75) is 32.8 Å². The molecule has 0 unspecified atom stereocenters. The highest BCUT2D eigenvalue weighted by molar-refractivity contribution is 6.30. The fourth-order valence-electron chi connectivity index (χ4n) is 2.66. The van der Waals surface area contributed by atoms with Crippen molar-refractivity contribution >= 4 is 40.6 Å². The Morgan fingerprint density at radius 3 is 1.75 bits per heavy atom. The SMILES string of the molecule is CC(=O)Cc1c(F)ccc(C(=O)CCl)c1F.CC(=O)Cc1c(F)ccc([C@@H](O)CCl)c1F. The van der Waals surface area contributed by atoms with E-state index in [9.17, 15) is 37.1 Å². The van der Waals surface area contributed by atoms with E-state index in [1.54, 1.807) is 0 Å². The molecule has 0 aliphatic heterocycles. The van der Waals surface area contributed by atoms with Crippen molar-refractivity contribution in [3.63, 3.8) is 0 Å². The quantitative estimate of drug-likeness (QED) is 0.322. The zero-order chi connectivity index (χ0) is 24.6. The highest BCUT2D eigenvalue weighted by Gasteiger charge is 2.20. The molecule has 2 rings (SSSR count). The van der Waals surface area contributed by atoms with Crippen LogP contribution in [0.2, 0.25) is 0 Å². The lowest BCUT2D eigenvalue weighted by molar-refractivity contribution is -0.117. The third kappa shape index (κ3) is 7.39. The number of hydrogen-bond acceptors (Lipinski definition) is 4. The molecule has 0 aromatic heterocycles. The minimum atomic E-state index is -1.20. The fraction of sp³-hybridized carbons (Fsp3) is 0.318. The molecule has 0 fully saturated rings. The molecule has 0 aliphatic rings. The van der Waals surface area contributed by atoms with E-state index >= 15 is 0 Å². The number of alkyl halides is 2. The average molecular weight is 495 g/mol. The first-order valence-corrected chi connectivity index (χ1v) is 10.3. The van der Waals surface area contributed by atoms with Crippen molar-refractivity contribution in [1.82, 2.24) is 0 Å². The third-order valence-electron chi connectivity index (χ3n) is 4.18. The van der Waals surface area contributed by atoms with Crippen LogP contribution in [0.25, 0.3) is 0 Å². The molecule has 0 spiro atoms. The van der Waals surface area contributed by atoms with Crippen molar-refractivity contribution in [3.05, 3.63) is 69.8 Å². The van der Waals surface area contributed by atoms with Gasteiger partial charge in [-0.05, 0) is 32.0 Å². The largest absolute Gasteiger partial charge is 0.387 e. The first kappa shape index (κ1) is 27.7. The molecule has 0 radical (unpaired) electrons. The predicted molar refractivity (Wildman–Crippen MR) is 112 cm³/mol. The number of carbonyl (C=O) groups excluding carboxylic acids is 3. The van der Waals surface area contributed by atoms with Crippen LogP contribution < -0.4 is 0 Å². The standard InChI is InChI=1S/C11H11ClF2O2.C11H9ClF2O2/c2*1-6(15)4-8-9(13)3-2-7(11(8)14)10(16)5-12/h2-3,10,16H,4-5H2,1H3;2-3H,4-5H2,1H3/t10-;/m0./s1. The Morgan fingerprint density at radius 1 is 0.844 bits per heavy atom. The maximum Gasteiger partial charge on any atom is 0.180 e. The number of aliphatic hydroxyl groups excluding tert-OH is 1. The normalized spacial score (nSPS) is 11.4. The highest BCUT2D eigenvalue weighted by Crippen LogP contribution is 2.24. The minimum absolute atomic E-state index is 0.0901. The number of hydrogen-bond donors (Lipinski definition) is 1. The van der Waals surface area contributed by atoms with E-state index in [1.165, 1.54) is 13.8 Å². The highest BCUT2D eigenvalue weighted by atomic mass is 35.5. The summed E-state index contributed by atoms with van der Waals surface area (Å²) in [6.45, 7) is 2.46. The van der Waals surface area contributed by atoms with Crippen molar-refractivity contribution in [2.24, 2.45) is 0 Å². The second kappa shape index (κ2) is 12.7. The van der Waals surface area contributed by atoms with Gasteiger partial charge in [0.25, 0.3) is 0 Å². The molecule has 1 atom stereocenters. The summed E-state index contributed by atoms with van der Waals surface area (Å²) in [5, 5.41) is 9.38. The molecule has 32 heavy (non-hydrogen) atoms. The molecule has 0 saturated carbocycles. The van der Waals surface area contributed by atoms with Gasteiger partial charge in [0.1, 0.15) is 34.8 Å². The summed E-state index contributed by atoms with van der Waals surface area (Å²) in [5.41, 5.74) is -1.09. The molecule has 0 saturated heterocycles. The summed E-state index contributed by atoms with van der Waals surface area (Å²) in [5.74, 6) is -5.47. The van der Waals surface area contributed by atoms with Gasteiger partial charge in [0.15, 0.2) is 5.78 Å². The van der Waals surface area contributed by atoms with Gasteiger partial charge in [0, 0.05) is 29.5 Å². The zero-order valence-corrected chi connectivity index (χ0v) is 18.7. The van der Waals surface area contributed by atoms with E-state index in [1.807, 2.05) is 0 Å². The lowest BCUT2D eigenvalue weighted by Crippen LogP contribution is -2.10. The smallest absolute Gasteiger partial charge is 0.180 e. The number of halogens is 6. The molecule has 0 heterocycles. The van der Waals surface area contributed by atoms with E-state index in [0.717, 1.165) is 24.3 Å². The maximum atomic E-state index is 13.7. The van der Waals surface area contributed by atoms with E-state index in [4.69, 9.17) is 23.2 Å². The van der Waals surface area contributed by atoms with E-state index in [-0.39, 0.29) is 58.4 Å². The van der Waals surface area contributed by atoms with Crippen LogP contribution in [0, 0.1) is 23.3 Å². The van der Waals surface area contributed by atoms with Gasteiger partial charge in [-0.25, -0.2) is 17.6 Å². The van der Waals surface area contributed by atoms with Gasteiger partial charge in [-0.1, -0.05) is 6.07 Å². The Kier molecular flexibility index (Phi) is 11.0. The van der Waals surface area contributed by atoms with E-state index < -0.39 is 35.2 Å². The van der Waals surface area contributed by atoms with Crippen LogP contribution in [-0.4, -0.2) is 34.2 Å². The predicted octanol–water partition coefficient (Wildman–Crippen LogP) is 4.89. The van der Waals surface area contributed by atoms with Gasteiger partial charge >= 0.3 is 0 Å². The molecule has 4 nitrogen and oxygen atoms in total. The van der Waals surface area contributed by atoms with Crippen LogP contribution in [0.1, 0.15) is 47.0 Å². The van der Waals surface area contributed by atoms with Crippen molar-refractivity contribution in [2.75, 3.05) is 11.8 Å². The molecule has 0 bridgehead atoms. The van der Waals surface area contributed by atoms with Crippen molar-refractivity contribution in [3.8, 4) is 0 Å². The van der Waals surface area contributed by atoms with Crippen molar-refractivity contribution in [1.29, 1.82) is 0 Å². The van der Waals surface area contributed by atoms with Gasteiger partial charge < -0.3 is 5.11 Å². The molecular formula is C22H20Cl2F4O4. The molecular weight excluding hydrogens is 475 g/mol. The number of Topliss-reactive ketones (excluding diaryl/α,β-unsaturated/α-hetero) is 3. The van der Waals surface area contributed by atoms with Gasteiger partial charge in [-0.3, -0.25) is 14.4 Å². The summed E-state index contributed by atoms with van der Waals surface area (Å²) >= 11 is 10.7. The Hall–Kier alpha value is -2.29. The molecule has 1 N–H and O–H groups in total. The summed E-state index contributed by atoms with van der Waals surface area (Å²) in [6, 6.07) is 4.13. The zero-order valence-electron chi connectivity index (χ0n) is 17.2. The fourth-order valence-corrected chi connectivity index (χ4v) is 2.97. The van der Waals surface area contributed by atoms with Crippen LogP contribution in [0.3, 0.4) is 0 Å². The number of aliphatic hydroxyl groups is 1. The second-order valence-electron chi connectivity index (χ2n) is 6.80. The Morgan fingerprint density at radius 2 is 1.31 bits per heavy atom. The van der Waals surface area contributed by atoms with E-state index in [0.29, 0.717) is 0 Å². The van der Waals surface area contributed by atoms with Gasteiger partial charge in [0.05, 0.1) is 23.4 Å². The molecule has 2 aromatic carbocycles. The topological polar surface area (TPSA) is 71.4 Å². The van der Waals surface area contributed by atoms with E-state index in [2.05, 4.69) is 0 Å². The Labute approximate surface area is 192 Å². The number of benzene rings is 2. The number of ketones is 3. The molecule has 10 heteroatoms. The number of carbonyl (C=O) groups is 3. The first-order chi connectivity index (χ1) is 14.9. The monoisotopic (exact) mass is 494 g/mol. The molecule has 174 valence electrons.